The molecule has 0 amide bonds. The summed E-state index contributed by atoms with van der Waals surface area (Å²) in [4.78, 5) is 9.97. The third-order valence-electron chi connectivity index (χ3n) is 3.64. The molecule has 1 aromatic rings. The molecule has 4 nitrogen and oxygen atoms in total. The predicted octanol–water partition coefficient (Wildman–Crippen LogP) is 1.92. The van der Waals surface area contributed by atoms with Crippen LogP contribution in [0.25, 0.3) is 0 Å². The highest BCUT2D eigenvalue weighted by atomic mass is 35.5. The Morgan fingerprint density at radius 1 is 1.41 bits per heavy atom. The van der Waals surface area contributed by atoms with Crippen molar-refractivity contribution in [3.8, 4) is 0 Å². The van der Waals surface area contributed by atoms with Crippen molar-refractivity contribution < 1.29 is 4.39 Å². The Morgan fingerprint density at radius 2 is 2.29 bits per heavy atom. The highest BCUT2D eigenvalue weighted by Crippen LogP contribution is 2.30. The van der Waals surface area contributed by atoms with Gasteiger partial charge in [0, 0.05) is 18.6 Å². The molecule has 1 aromatic heterocycles. The molecule has 0 spiro atoms. The van der Waals surface area contributed by atoms with Gasteiger partial charge in [0.1, 0.15) is 0 Å². The van der Waals surface area contributed by atoms with Gasteiger partial charge < -0.3 is 5.32 Å². The molecular formula is C11H14ClFN4. The van der Waals surface area contributed by atoms with E-state index in [1.165, 1.54) is 12.8 Å². The topological polar surface area (TPSA) is 41.1 Å². The molecule has 0 radical (unpaired) electrons. The number of aromatic nitrogens is 2. The summed E-state index contributed by atoms with van der Waals surface area (Å²) in [6.07, 6.45) is 4.55. The van der Waals surface area contributed by atoms with Crippen LogP contribution in [0.4, 0.5) is 10.2 Å². The zero-order chi connectivity index (χ0) is 11.8. The number of nitrogens with one attached hydrogen (secondary N) is 1. The number of fused-ring (bicyclic) bond motifs is 1. The van der Waals surface area contributed by atoms with Gasteiger partial charge >= 0.3 is 0 Å². The Balaban J connectivity index is 1.76. The first-order chi connectivity index (χ1) is 8.24. The van der Waals surface area contributed by atoms with E-state index in [-0.39, 0.29) is 17.1 Å². The van der Waals surface area contributed by atoms with Crippen LogP contribution in [0.15, 0.2) is 6.20 Å². The minimum absolute atomic E-state index is 0.0789. The summed E-state index contributed by atoms with van der Waals surface area (Å²) in [6, 6.07) is 0.793. The maximum Gasteiger partial charge on any atom is 0.224 e. The number of hydrogen-bond donors (Lipinski definition) is 1. The molecular weight excluding hydrogens is 243 g/mol. The zero-order valence-corrected chi connectivity index (χ0v) is 10.1. The standard InChI is InChI=1S/C11H14ClFN4/c12-11-14-6-7(13)10(16-11)15-8-3-5-17-4-1-2-9(8)17/h6,8-9H,1-5H2,(H,14,15,16). The summed E-state index contributed by atoms with van der Waals surface area (Å²) in [5.74, 6) is -0.213. The molecule has 1 N–H and O–H groups in total. The lowest BCUT2D eigenvalue weighted by Gasteiger charge is -2.21. The lowest BCUT2D eigenvalue weighted by Crippen LogP contribution is -2.34. The number of halogens is 2. The van der Waals surface area contributed by atoms with E-state index in [2.05, 4.69) is 20.2 Å². The fraction of sp³-hybridized carbons (Fsp3) is 0.636. The number of nitrogens with zero attached hydrogens (tertiary/aromatic N) is 3. The molecule has 2 atom stereocenters. The predicted molar refractivity (Wildman–Crippen MR) is 63.6 cm³/mol. The third-order valence-corrected chi connectivity index (χ3v) is 3.82. The molecule has 2 unspecified atom stereocenters. The number of anilines is 1. The van der Waals surface area contributed by atoms with E-state index in [0.29, 0.717) is 6.04 Å². The lowest BCUT2D eigenvalue weighted by atomic mass is 10.1. The van der Waals surface area contributed by atoms with Crippen LogP contribution < -0.4 is 5.32 Å². The van der Waals surface area contributed by atoms with Crippen molar-refractivity contribution in [3.63, 3.8) is 0 Å². The van der Waals surface area contributed by atoms with Gasteiger partial charge in [0.05, 0.1) is 6.20 Å². The fourth-order valence-electron chi connectivity index (χ4n) is 2.87. The molecule has 92 valence electrons. The highest BCUT2D eigenvalue weighted by molar-refractivity contribution is 6.28. The minimum Gasteiger partial charge on any atom is -0.363 e. The van der Waals surface area contributed by atoms with Gasteiger partial charge in [0.2, 0.25) is 5.28 Å². The summed E-state index contributed by atoms with van der Waals surface area (Å²) >= 11 is 5.67. The molecule has 2 saturated heterocycles. The van der Waals surface area contributed by atoms with Crippen molar-refractivity contribution in [3.05, 3.63) is 17.3 Å². The van der Waals surface area contributed by atoms with Crippen LogP contribution in [0.1, 0.15) is 19.3 Å². The average molecular weight is 257 g/mol. The van der Waals surface area contributed by atoms with E-state index < -0.39 is 5.82 Å². The van der Waals surface area contributed by atoms with Crippen LogP contribution in [-0.4, -0.2) is 40.0 Å². The fourth-order valence-corrected chi connectivity index (χ4v) is 3.01. The van der Waals surface area contributed by atoms with E-state index >= 15 is 0 Å². The van der Waals surface area contributed by atoms with Crippen LogP contribution in [0.3, 0.4) is 0 Å². The van der Waals surface area contributed by atoms with Gasteiger partial charge in [0.25, 0.3) is 0 Å². The molecule has 0 bridgehead atoms. The van der Waals surface area contributed by atoms with Crippen LogP contribution in [0.5, 0.6) is 0 Å². The number of rotatable bonds is 2. The maximum atomic E-state index is 13.5. The molecule has 2 fully saturated rings. The summed E-state index contributed by atoms with van der Waals surface area (Å²) in [6.45, 7) is 2.25. The average Bonchev–Trinajstić information content (AvgIpc) is 2.88. The van der Waals surface area contributed by atoms with E-state index in [1.54, 1.807) is 0 Å². The molecule has 0 aliphatic carbocycles. The Hall–Kier alpha value is -0.940. The van der Waals surface area contributed by atoms with Crippen molar-refractivity contribution in [2.24, 2.45) is 0 Å². The van der Waals surface area contributed by atoms with Crippen LogP contribution in [0, 0.1) is 5.82 Å². The van der Waals surface area contributed by atoms with Gasteiger partial charge in [-0.05, 0) is 37.4 Å². The van der Waals surface area contributed by atoms with Crippen LogP contribution >= 0.6 is 11.6 Å². The quantitative estimate of drug-likeness (QED) is 0.821. The Kier molecular flexibility index (Phi) is 2.88. The summed E-state index contributed by atoms with van der Waals surface area (Å²) in [5.41, 5.74) is 0. The molecule has 0 saturated carbocycles. The van der Waals surface area contributed by atoms with Crippen molar-refractivity contribution in [1.82, 2.24) is 14.9 Å². The van der Waals surface area contributed by atoms with E-state index in [4.69, 9.17) is 11.6 Å². The first-order valence-corrected chi connectivity index (χ1v) is 6.30. The molecule has 2 aliphatic rings. The van der Waals surface area contributed by atoms with Gasteiger partial charge in [0.15, 0.2) is 11.6 Å². The Morgan fingerprint density at radius 3 is 3.18 bits per heavy atom. The summed E-state index contributed by atoms with van der Waals surface area (Å²) in [7, 11) is 0. The Labute approximate surface area is 104 Å². The van der Waals surface area contributed by atoms with Gasteiger partial charge in [-0.2, -0.15) is 4.98 Å². The monoisotopic (exact) mass is 256 g/mol. The Bertz CT molecular complexity index is 428. The van der Waals surface area contributed by atoms with Crippen molar-refractivity contribution in [1.29, 1.82) is 0 Å². The van der Waals surface area contributed by atoms with Gasteiger partial charge in [-0.25, -0.2) is 9.37 Å². The highest BCUT2D eigenvalue weighted by Gasteiger charge is 2.37. The first kappa shape index (κ1) is 11.2. The summed E-state index contributed by atoms with van der Waals surface area (Å²) in [5, 5.41) is 3.25. The smallest absolute Gasteiger partial charge is 0.224 e. The molecule has 3 heterocycles. The SMILES string of the molecule is Fc1cnc(Cl)nc1NC1CCN2CCCC12. The van der Waals surface area contributed by atoms with Crippen LogP contribution in [0.2, 0.25) is 5.28 Å². The summed E-state index contributed by atoms with van der Waals surface area (Å²) < 4.78 is 13.5. The normalized spacial score (nSPS) is 28.4. The largest absolute Gasteiger partial charge is 0.363 e. The second kappa shape index (κ2) is 4.38. The molecule has 3 rings (SSSR count). The zero-order valence-electron chi connectivity index (χ0n) is 9.37. The van der Waals surface area contributed by atoms with E-state index in [9.17, 15) is 4.39 Å². The van der Waals surface area contributed by atoms with Crippen molar-refractivity contribution in [2.45, 2.75) is 31.3 Å². The molecule has 17 heavy (non-hydrogen) atoms. The van der Waals surface area contributed by atoms with Gasteiger partial charge in [-0.3, -0.25) is 4.90 Å². The third kappa shape index (κ3) is 2.09. The second-order valence-electron chi connectivity index (χ2n) is 4.62. The van der Waals surface area contributed by atoms with E-state index in [0.717, 1.165) is 25.7 Å². The van der Waals surface area contributed by atoms with Crippen molar-refractivity contribution >= 4 is 17.4 Å². The first-order valence-electron chi connectivity index (χ1n) is 5.92. The number of hydrogen-bond acceptors (Lipinski definition) is 4. The molecule has 2 aliphatic heterocycles. The second-order valence-corrected chi connectivity index (χ2v) is 4.96. The molecule has 6 heteroatoms. The maximum absolute atomic E-state index is 13.5. The minimum atomic E-state index is -0.439. The van der Waals surface area contributed by atoms with Crippen LogP contribution in [-0.2, 0) is 0 Å². The van der Waals surface area contributed by atoms with Gasteiger partial charge in [-0.1, -0.05) is 0 Å². The lowest BCUT2D eigenvalue weighted by molar-refractivity contribution is 0.318. The van der Waals surface area contributed by atoms with Crippen molar-refractivity contribution in [2.75, 3.05) is 18.4 Å². The van der Waals surface area contributed by atoms with E-state index in [1.807, 2.05) is 0 Å². The molecule has 0 aromatic carbocycles. The van der Waals surface area contributed by atoms with Gasteiger partial charge in [-0.15, -0.1) is 0 Å².